The Balaban J connectivity index is 1.77. The largest absolute Gasteiger partial charge is 0.342 e. The number of halogens is 1. The second-order valence-electron chi connectivity index (χ2n) is 7.09. The van der Waals surface area contributed by atoms with Crippen molar-refractivity contribution in [3.8, 4) is 0 Å². The Kier molecular flexibility index (Phi) is 8.43. The van der Waals surface area contributed by atoms with Gasteiger partial charge in [0, 0.05) is 18.1 Å². The van der Waals surface area contributed by atoms with E-state index in [1.54, 1.807) is 41.9 Å². The van der Waals surface area contributed by atoms with E-state index >= 15 is 0 Å². The molecule has 2 amide bonds. The number of allylic oxidation sites excluding steroid dienone is 1. The van der Waals surface area contributed by atoms with Crippen LogP contribution in [0.5, 0.6) is 0 Å². The molecule has 0 spiro atoms. The van der Waals surface area contributed by atoms with Gasteiger partial charge in [-0.25, -0.2) is 4.98 Å². The first kappa shape index (κ1) is 24.0. The minimum Gasteiger partial charge on any atom is -0.342 e. The normalized spacial score (nSPS) is 11.9. The van der Waals surface area contributed by atoms with Crippen LogP contribution in [0.3, 0.4) is 0 Å². The molecule has 0 aliphatic carbocycles. The molecular formula is C21H23ClN6O2S2. The molecule has 8 nitrogen and oxygen atoms in total. The summed E-state index contributed by atoms with van der Waals surface area (Å²) in [5.74, 6) is 0.280. The fraction of sp³-hybridized carbons (Fsp3) is 0.286. The van der Waals surface area contributed by atoms with Crippen LogP contribution in [0.1, 0.15) is 36.1 Å². The van der Waals surface area contributed by atoms with Gasteiger partial charge in [-0.1, -0.05) is 55.4 Å². The van der Waals surface area contributed by atoms with Gasteiger partial charge in [0.1, 0.15) is 0 Å². The third-order valence-electron chi connectivity index (χ3n) is 4.42. The van der Waals surface area contributed by atoms with Crippen LogP contribution < -0.4 is 10.6 Å². The molecule has 11 heteroatoms. The molecule has 168 valence electrons. The van der Waals surface area contributed by atoms with E-state index in [1.165, 1.54) is 23.1 Å². The predicted molar refractivity (Wildman–Crippen MR) is 128 cm³/mol. The molecule has 0 aliphatic rings. The molecule has 2 aromatic heterocycles. The minimum atomic E-state index is -0.412. The van der Waals surface area contributed by atoms with E-state index in [2.05, 4.69) is 32.4 Å². The Morgan fingerprint density at radius 3 is 2.75 bits per heavy atom. The van der Waals surface area contributed by atoms with E-state index in [0.29, 0.717) is 33.2 Å². The standard InChI is InChI=1S/C21H23ClN6O2S2/c1-4-10-28-18(17(13(2)3)25-19(30)14-7-5-6-8-15(14)22)26-27-21(28)32-12-16(29)24-20-23-9-11-31-20/h4-9,11,13,17H,1,10,12H2,2-3H3,(H,25,30)(H,23,24,29)/t17-/m0/s1. The minimum absolute atomic E-state index is 0.0280. The second-order valence-corrected chi connectivity index (χ2v) is 9.33. The SMILES string of the molecule is C=CCn1c(SCC(=O)Nc2nccs2)nnc1[C@@H](NC(=O)c1ccccc1Cl)C(C)C. The molecule has 3 aromatic rings. The Morgan fingerprint density at radius 2 is 2.09 bits per heavy atom. The first-order valence-electron chi connectivity index (χ1n) is 9.82. The Hall–Kier alpha value is -2.69. The number of nitrogens with zero attached hydrogens (tertiary/aromatic N) is 4. The summed E-state index contributed by atoms with van der Waals surface area (Å²) in [5, 5.41) is 17.6. The van der Waals surface area contributed by atoms with Crippen molar-refractivity contribution in [1.29, 1.82) is 0 Å². The van der Waals surface area contributed by atoms with Crippen molar-refractivity contribution in [3.05, 3.63) is 64.9 Å². The van der Waals surface area contributed by atoms with E-state index in [-0.39, 0.29) is 23.5 Å². The molecule has 0 bridgehead atoms. The first-order valence-corrected chi connectivity index (χ1v) is 12.1. The highest BCUT2D eigenvalue weighted by molar-refractivity contribution is 7.99. The maximum absolute atomic E-state index is 12.9. The van der Waals surface area contributed by atoms with Crippen molar-refractivity contribution in [2.45, 2.75) is 31.6 Å². The van der Waals surface area contributed by atoms with Gasteiger partial charge in [-0.05, 0) is 18.1 Å². The summed E-state index contributed by atoms with van der Waals surface area (Å²) in [6.07, 6.45) is 3.35. The zero-order valence-electron chi connectivity index (χ0n) is 17.6. The first-order chi connectivity index (χ1) is 15.4. The summed E-state index contributed by atoms with van der Waals surface area (Å²) in [5.41, 5.74) is 0.392. The van der Waals surface area contributed by atoms with E-state index in [0.717, 1.165) is 0 Å². The van der Waals surface area contributed by atoms with Crippen LogP contribution in [0, 0.1) is 5.92 Å². The number of carbonyl (C=O) groups is 2. The number of thioether (sulfide) groups is 1. The maximum Gasteiger partial charge on any atom is 0.253 e. The fourth-order valence-corrected chi connectivity index (χ4v) is 4.42. The summed E-state index contributed by atoms with van der Waals surface area (Å²) < 4.78 is 1.85. The lowest BCUT2D eigenvalue weighted by Crippen LogP contribution is -2.34. The van der Waals surface area contributed by atoms with Gasteiger partial charge in [0.25, 0.3) is 5.91 Å². The van der Waals surface area contributed by atoms with Gasteiger partial charge in [-0.2, -0.15) is 0 Å². The third kappa shape index (κ3) is 5.96. The van der Waals surface area contributed by atoms with Gasteiger partial charge < -0.3 is 15.2 Å². The van der Waals surface area contributed by atoms with Gasteiger partial charge in [-0.3, -0.25) is 9.59 Å². The van der Waals surface area contributed by atoms with Gasteiger partial charge >= 0.3 is 0 Å². The molecule has 1 aromatic carbocycles. The summed E-state index contributed by atoms with van der Waals surface area (Å²) in [7, 11) is 0. The van der Waals surface area contributed by atoms with Crippen LogP contribution in [0.15, 0.2) is 53.7 Å². The third-order valence-corrected chi connectivity index (χ3v) is 6.40. The van der Waals surface area contributed by atoms with Crippen LogP contribution >= 0.6 is 34.7 Å². The van der Waals surface area contributed by atoms with Crippen molar-refractivity contribution in [1.82, 2.24) is 25.1 Å². The average molecular weight is 491 g/mol. The zero-order valence-corrected chi connectivity index (χ0v) is 20.0. The van der Waals surface area contributed by atoms with Crippen molar-refractivity contribution < 1.29 is 9.59 Å². The summed E-state index contributed by atoms with van der Waals surface area (Å²) in [6.45, 7) is 8.21. The quantitative estimate of drug-likeness (QED) is 0.322. The molecule has 2 heterocycles. The molecule has 0 unspecified atom stereocenters. The zero-order chi connectivity index (χ0) is 23.1. The lowest BCUT2D eigenvalue weighted by Gasteiger charge is -2.22. The molecule has 3 rings (SSSR count). The van der Waals surface area contributed by atoms with Gasteiger partial charge in [0.05, 0.1) is 22.4 Å². The van der Waals surface area contributed by atoms with Crippen molar-refractivity contribution in [2.24, 2.45) is 5.92 Å². The summed E-state index contributed by atoms with van der Waals surface area (Å²) in [4.78, 5) is 29.1. The monoisotopic (exact) mass is 490 g/mol. The van der Waals surface area contributed by atoms with Crippen LogP contribution in [0.2, 0.25) is 5.02 Å². The Labute approximate surface area is 199 Å². The molecule has 0 fully saturated rings. The number of nitrogens with one attached hydrogen (secondary N) is 2. The van der Waals surface area contributed by atoms with Crippen molar-refractivity contribution >= 4 is 51.6 Å². The van der Waals surface area contributed by atoms with Gasteiger partial charge in [-0.15, -0.1) is 28.1 Å². The highest BCUT2D eigenvalue weighted by Crippen LogP contribution is 2.26. The second kappa shape index (κ2) is 11.3. The fourth-order valence-electron chi connectivity index (χ4n) is 2.90. The molecule has 1 atom stereocenters. The predicted octanol–water partition coefficient (Wildman–Crippen LogP) is 4.43. The molecule has 0 saturated heterocycles. The highest BCUT2D eigenvalue weighted by Gasteiger charge is 2.27. The highest BCUT2D eigenvalue weighted by atomic mass is 35.5. The van der Waals surface area contributed by atoms with Crippen LogP contribution in [0.25, 0.3) is 0 Å². The van der Waals surface area contributed by atoms with Gasteiger partial charge in [0.2, 0.25) is 5.91 Å². The lowest BCUT2D eigenvalue weighted by molar-refractivity contribution is -0.113. The number of benzene rings is 1. The van der Waals surface area contributed by atoms with Crippen LogP contribution in [-0.4, -0.2) is 37.3 Å². The Bertz CT molecular complexity index is 1080. The number of carbonyl (C=O) groups excluding carboxylic acids is 2. The summed E-state index contributed by atoms with van der Waals surface area (Å²) in [6, 6.07) is 6.47. The molecule has 0 aliphatic heterocycles. The average Bonchev–Trinajstić information content (AvgIpc) is 3.41. The van der Waals surface area contributed by atoms with E-state index in [4.69, 9.17) is 11.6 Å². The smallest absolute Gasteiger partial charge is 0.253 e. The van der Waals surface area contributed by atoms with Crippen molar-refractivity contribution in [2.75, 3.05) is 11.1 Å². The molecule has 2 N–H and O–H groups in total. The molecule has 0 radical (unpaired) electrons. The Morgan fingerprint density at radius 1 is 1.31 bits per heavy atom. The molecule has 0 saturated carbocycles. The van der Waals surface area contributed by atoms with E-state index in [9.17, 15) is 9.59 Å². The van der Waals surface area contributed by atoms with Crippen molar-refractivity contribution in [3.63, 3.8) is 0 Å². The molecular weight excluding hydrogens is 468 g/mol. The lowest BCUT2D eigenvalue weighted by atomic mass is 10.0. The number of hydrogen-bond acceptors (Lipinski definition) is 7. The number of aromatic nitrogens is 4. The number of thiazole rings is 1. The van der Waals surface area contributed by atoms with Crippen LogP contribution in [-0.2, 0) is 11.3 Å². The maximum atomic E-state index is 12.9. The van der Waals surface area contributed by atoms with Crippen LogP contribution in [0.4, 0.5) is 5.13 Å². The number of amides is 2. The topological polar surface area (TPSA) is 102 Å². The van der Waals surface area contributed by atoms with E-state index < -0.39 is 6.04 Å². The van der Waals surface area contributed by atoms with E-state index in [1.807, 2.05) is 18.4 Å². The number of anilines is 1. The number of hydrogen-bond donors (Lipinski definition) is 2. The molecule has 32 heavy (non-hydrogen) atoms. The number of rotatable bonds is 10. The summed E-state index contributed by atoms with van der Waals surface area (Å²) >= 11 is 8.79. The van der Waals surface area contributed by atoms with Gasteiger partial charge in [0.15, 0.2) is 16.1 Å².